The molecule has 1 amide bonds. The highest BCUT2D eigenvalue weighted by Gasteiger charge is 2.17. The van der Waals surface area contributed by atoms with Gasteiger partial charge in [-0.25, -0.2) is 9.78 Å². The van der Waals surface area contributed by atoms with Crippen LogP contribution >= 0.6 is 34.8 Å². The number of furan rings is 1. The number of amides is 1. The van der Waals surface area contributed by atoms with Crippen molar-refractivity contribution in [2.24, 2.45) is 0 Å². The van der Waals surface area contributed by atoms with Gasteiger partial charge in [0, 0.05) is 6.20 Å². The molecule has 0 aliphatic heterocycles. The lowest BCUT2D eigenvalue weighted by Gasteiger charge is -2.06. The zero-order valence-electron chi connectivity index (χ0n) is 10.2. The van der Waals surface area contributed by atoms with Crippen molar-refractivity contribution in [2.45, 2.75) is 6.54 Å². The Morgan fingerprint density at radius 3 is 2.57 bits per heavy atom. The number of carboxylic acid groups (broad SMARTS) is 1. The van der Waals surface area contributed by atoms with Crippen molar-refractivity contribution in [3.05, 3.63) is 50.6 Å². The van der Waals surface area contributed by atoms with Crippen molar-refractivity contribution in [1.29, 1.82) is 0 Å². The Bertz CT molecular complexity index is 715. The third kappa shape index (κ3) is 3.47. The SMILES string of the molecule is O=C(O)c1ccc(CNC(=O)c2ncc(Cl)c(Cl)c2Cl)o1. The minimum absolute atomic E-state index is 0.0234. The quantitative estimate of drug-likeness (QED) is 0.884. The largest absolute Gasteiger partial charge is 0.475 e. The second-order valence-electron chi connectivity index (χ2n) is 3.84. The van der Waals surface area contributed by atoms with Crippen molar-refractivity contribution >= 4 is 46.7 Å². The number of rotatable bonds is 4. The first-order valence-electron chi connectivity index (χ1n) is 5.50. The predicted octanol–water partition coefficient (Wildman–Crippen LogP) is 3.26. The molecule has 9 heteroatoms. The molecule has 0 atom stereocenters. The molecule has 2 aromatic rings. The van der Waals surface area contributed by atoms with Gasteiger partial charge in [-0.15, -0.1) is 0 Å². The van der Waals surface area contributed by atoms with E-state index < -0.39 is 11.9 Å². The molecule has 2 N–H and O–H groups in total. The highest BCUT2D eigenvalue weighted by Crippen LogP contribution is 2.30. The van der Waals surface area contributed by atoms with Crippen LogP contribution in [0.15, 0.2) is 22.7 Å². The Kier molecular flexibility index (Phi) is 4.72. The summed E-state index contributed by atoms with van der Waals surface area (Å²) in [5.74, 6) is -1.73. The summed E-state index contributed by atoms with van der Waals surface area (Å²) in [5.41, 5.74) is -0.0870. The number of aromatic nitrogens is 1. The zero-order chi connectivity index (χ0) is 15.6. The van der Waals surface area contributed by atoms with E-state index in [9.17, 15) is 9.59 Å². The molecule has 0 saturated heterocycles. The van der Waals surface area contributed by atoms with E-state index in [0.29, 0.717) is 0 Å². The molecular formula is C12H7Cl3N2O4. The number of hydrogen-bond acceptors (Lipinski definition) is 4. The Morgan fingerprint density at radius 2 is 1.95 bits per heavy atom. The first kappa shape index (κ1) is 15.6. The molecule has 0 unspecified atom stereocenters. The van der Waals surface area contributed by atoms with Crippen LogP contribution < -0.4 is 5.32 Å². The fourth-order valence-electron chi connectivity index (χ4n) is 1.44. The van der Waals surface area contributed by atoms with Gasteiger partial charge in [-0.3, -0.25) is 4.79 Å². The van der Waals surface area contributed by atoms with Crippen LogP contribution in [0.4, 0.5) is 0 Å². The highest BCUT2D eigenvalue weighted by molar-refractivity contribution is 6.48. The summed E-state index contributed by atoms with van der Waals surface area (Å²) >= 11 is 17.4. The van der Waals surface area contributed by atoms with Crippen molar-refractivity contribution in [3.8, 4) is 0 Å². The number of hydrogen-bond donors (Lipinski definition) is 2. The van der Waals surface area contributed by atoms with E-state index in [1.807, 2.05) is 0 Å². The van der Waals surface area contributed by atoms with E-state index in [4.69, 9.17) is 44.3 Å². The summed E-state index contributed by atoms with van der Waals surface area (Å²) in [6, 6.07) is 2.72. The van der Waals surface area contributed by atoms with Crippen molar-refractivity contribution in [3.63, 3.8) is 0 Å². The van der Waals surface area contributed by atoms with E-state index in [-0.39, 0.29) is 38.8 Å². The average molecular weight is 350 g/mol. The number of carbonyl (C=O) groups excluding carboxylic acids is 1. The van der Waals surface area contributed by atoms with E-state index in [0.717, 1.165) is 0 Å². The van der Waals surface area contributed by atoms with Gasteiger partial charge in [0.2, 0.25) is 5.76 Å². The molecule has 0 aromatic carbocycles. The van der Waals surface area contributed by atoms with Crippen LogP contribution in [0.2, 0.25) is 15.1 Å². The topological polar surface area (TPSA) is 92.4 Å². The molecule has 0 fully saturated rings. The molecule has 21 heavy (non-hydrogen) atoms. The molecule has 2 aromatic heterocycles. The maximum Gasteiger partial charge on any atom is 0.371 e. The van der Waals surface area contributed by atoms with Crippen LogP contribution in [0.25, 0.3) is 0 Å². The molecule has 6 nitrogen and oxygen atoms in total. The fourth-order valence-corrected chi connectivity index (χ4v) is 2.01. The molecule has 0 bridgehead atoms. The van der Waals surface area contributed by atoms with Crippen molar-refractivity contribution in [1.82, 2.24) is 10.3 Å². The number of nitrogens with zero attached hydrogens (tertiary/aromatic N) is 1. The molecule has 0 radical (unpaired) electrons. The highest BCUT2D eigenvalue weighted by atomic mass is 35.5. The van der Waals surface area contributed by atoms with E-state index in [1.54, 1.807) is 0 Å². The normalized spacial score (nSPS) is 10.4. The number of carbonyl (C=O) groups is 2. The smallest absolute Gasteiger partial charge is 0.371 e. The van der Waals surface area contributed by atoms with Crippen molar-refractivity contribution in [2.75, 3.05) is 0 Å². The molecule has 0 aliphatic carbocycles. The Morgan fingerprint density at radius 1 is 1.24 bits per heavy atom. The standard InChI is InChI=1S/C12H7Cl3N2O4/c13-6-4-16-10(9(15)8(6)14)11(18)17-3-5-1-2-7(21-5)12(19)20/h1-2,4H,3H2,(H,17,18)(H,19,20). The number of halogens is 3. The molecule has 110 valence electrons. The summed E-state index contributed by atoms with van der Waals surface area (Å²) < 4.78 is 4.99. The number of carboxylic acids is 1. The van der Waals surface area contributed by atoms with Gasteiger partial charge < -0.3 is 14.8 Å². The first-order valence-corrected chi connectivity index (χ1v) is 6.63. The van der Waals surface area contributed by atoms with Crippen LogP contribution in [-0.2, 0) is 6.54 Å². The minimum Gasteiger partial charge on any atom is -0.475 e. The summed E-state index contributed by atoms with van der Waals surface area (Å²) in [6.45, 7) is -0.0234. The zero-order valence-corrected chi connectivity index (χ0v) is 12.5. The third-order valence-electron chi connectivity index (χ3n) is 2.43. The molecular weight excluding hydrogens is 343 g/mol. The Hall–Kier alpha value is -1.76. The molecule has 2 rings (SSSR count). The summed E-state index contributed by atoms with van der Waals surface area (Å²) in [4.78, 5) is 26.4. The van der Waals surface area contributed by atoms with Gasteiger partial charge in [0.15, 0.2) is 0 Å². The molecule has 0 aliphatic rings. The summed E-state index contributed by atoms with van der Waals surface area (Å²) in [6.07, 6.45) is 1.21. The average Bonchev–Trinajstić information content (AvgIpc) is 2.91. The third-order valence-corrected chi connectivity index (χ3v) is 3.67. The fraction of sp³-hybridized carbons (Fsp3) is 0.0833. The van der Waals surface area contributed by atoms with E-state index in [2.05, 4.69) is 10.3 Å². The Labute approximate surface area is 133 Å². The lowest BCUT2D eigenvalue weighted by Crippen LogP contribution is -2.24. The monoisotopic (exact) mass is 348 g/mol. The van der Waals surface area contributed by atoms with Gasteiger partial charge in [-0.1, -0.05) is 34.8 Å². The summed E-state index contributed by atoms with van der Waals surface area (Å²) in [5, 5.41) is 11.3. The van der Waals surface area contributed by atoms with Crippen LogP contribution in [0, 0.1) is 0 Å². The lowest BCUT2D eigenvalue weighted by atomic mass is 10.3. The molecule has 0 spiro atoms. The lowest BCUT2D eigenvalue weighted by molar-refractivity contribution is 0.0660. The van der Waals surface area contributed by atoms with Gasteiger partial charge >= 0.3 is 5.97 Å². The van der Waals surface area contributed by atoms with E-state index in [1.165, 1.54) is 18.3 Å². The van der Waals surface area contributed by atoms with Gasteiger partial charge in [0.05, 0.1) is 21.6 Å². The van der Waals surface area contributed by atoms with Gasteiger partial charge in [-0.2, -0.15) is 0 Å². The van der Waals surface area contributed by atoms with Crippen LogP contribution in [0.1, 0.15) is 26.8 Å². The van der Waals surface area contributed by atoms with E-state index >= 15 is 0 Å². The van der Waals surface area contributed by atoms with Crippen LogP contribution in [-0.4, -0.2) is 22.0 Å². The van der Waals surface area contributed by atoms with Gasteiger partial charge in [0.25, 0.3) is 5.91 Å². The second-order valence-corrected chi connectivity index (χ2v) is 5.00. The minimum atomic E-state index is -1.19. The van der Waals surface area contributed by atoms with Crippen molar-refractivity contribution < 1.29 is 19.1 Å². The van der Waals surface area contributed by atoms with Crippen LogP contribution in [0.5, 0.6) is 0 Å². The van der Waals surface area contributed by atoms with Gasteiger partial charge in [-0.05, 0) is 12.1 Å². The van der Waals surface area contributed by atoms with Gasteiger partial charge in [0.1, 0.15) is 11.5 Å². The first-order chi connectivity index (χ1) is 9.90. The maximum atomic E-state index is 11.9. The predicted molar refractivity (Wildman–Crippen MR) is 76.1 cm³/mol. The number of pyridine rings is 1. The number of aromatic carboxylic acids is 1. The maximum absolute atomic E-state index is 11.9. The summed E-state index contributed by atoms with van der Waals surface area (Å²) in [7, 11) is 0. The second kappa shape index (κ2) is 6.34. The molecule has 2 heterocycles. The number of nitrogens with one attached hydrogen (secondary N) is 1. The Balaban J connectivity index is 2.08. The molecule has 0 saturated carbocycles. The van der Waals surface area contributed by atoms with Crippen LogP contribution in [0.3, 0.4) is 0 Å².